The molecule has 12 heteroatoms. The van der Waals surface area contributed by atoms with Gasteiger partial charge >= 0.3 is 5.97 Å². The van der Waals surface area contributed by atoms with Crippen LogP contribution < -0.4 is 10.6 Å². The summed E-state index contributed by atoms with van der Waals surface area (Å²) in [5.41, 5.74) is 1.10. The van der Waals surface area contributed by atoms with Gasteiger partial charge in [-0.1, -0.05) is 23.2 Å². The minimum absolute atomic E-state index is 0.0760. The largest absolute Gasteiger partial charge is 0.481 e. The second-order valence-electron chi connectivity index (χ2n) is 6.93. The molecule has 0 aliphatic heterocycles. The first-order chi connectivity index (χ1) is 15.7. The lowest BCUT2D eigenvalue weighted by Crippen LogP contribution is -2.27. The van der Waals surface area contributed by atoms with Crippen molar-refractivity contribution in [2.45, 2.75) is 19.8 Å². The number of nitrogens with one attached hydrogen (secondary N) is 2. The van der Waals surface area contributed by atoms with Crippen molar-refractivity contribution in [2.75, 3.05) is 11.9 Å². The number of amides is 2. The zero-order chi connectivity index (χ0) is 24.1. The van der Waals surface area contributed by atoms with E-state index in [4.69, 9.17) is 28.3 Å². The third kappa shape index (κ3) is 6.10. The standard InChI is InChI=1S/C21H18BrCl2N5O4/c1-11-8-12(23)9-13(20(32)26-7-3-5-17(30)31)18(11)27-21(33)15-10-16(22)28-29(15)19-14(24)4-2-6-25-19/h2,4,6,8-10H,3,5,7H2,1H3,(H,26,32)(H,27,33)(H,30,31). The van der Waals surface area contributed by atoms with Crippen molar-refractivity contribution < 1.29 is 19.5 Å². The van der Waals surface area contributed by atoms with Crippen LogP contribution in [0.15, 0.2) is 41.1 Å². The molecule has 1 aromatic carbocycles. The number of halogens is 3. The van der Waals surface area contributed by atoms with Crippen molar-refractivity contribution >= 4 is 62.6 Å². The lowest BCUT2D eigenvalue weighted by Gasteiger charge is -2.15. The van der Waals surface area contributed by atoms with Crippen LogP contribution in [0.5, 0.6) is 0 Å². The molecule has 172 valence electrons. The fraction of sp³-hybridized carbons (Fsp3) is 0.190. The van der Waals surface area contributed by atoms with Crippen LogP contribution in [-0.2, 0) is 4.79 Å². The average molecular weight is 555 g/mol. The van der Waals surface area contributed by atoms with E-state index in [1.807, 2.05) is 0 Å². The molecule has 0 saturated carbocycles. The van der Waals surface area contributed by atoms with E-state index in [9.17, 15) is 14.4 Å². The van der Waals surface area contributed by atoms with Gasteiger partial charge in [0.1, 0.15) is 10.3 Å². The molecular weight excluding hydrogens is 537 g/mol. The highest BCUT2D eigenvalue weighted by Crippen LogP contribution is 2.27. The van der Waals surface area contributed by atoms with Crippen LogP contribution >= 0.6 is 39.1 Å². The van der Waals surface area contributed by atoms with Crippen molar-refractivity contribution in [2.24, 2.45) is 0 Å². The van der Waals surface area contributed by atoms with Gasteiger partial charge in [0.15, 0.2) is 5.82 Å². The fourth-order valence-corrected chi connectivity index (χ4v) is 3.86. The minimum atomic E-state index is -0.952. The van der Waals surface area contributed by atoms with E-state index in [0.29, 0.717) is 20.2 Å². The number of carboxylic acids is 1. The number of nitrogens with zero attached hydrogens (tertiary/aromatic N) is 3. The summed E-state index contributed by atoms with van der Waals surface area (Å²) in [7, 11) is 0. The quantitative estimate of drug-likeness (QED) is 0.352. The van der Waals surface area contributed by atoms with E-state index in [-0.39, 0.29) is 42.1 Å². The van der Waals surface area contributed by atoms with Crippen molar-refractivity contribution in [3.8, 4) is 5.82 Å². The number of aryl methyl sites for hydroxylation is 1. The molecule has 0 unspecified atom stereocenters. The maximum Gasteiger partial charge on any atom is 0.303 e. The molecule has 9 nitrogen and oxygen atoms in total. The molecule has 0 bridgehead atoms. The maximum absolute atomic E-state index is 13.2. The topological polar surface area (TPSA) is 126 Å². The van der Waals surface area contributed by atoms with Gasteiger partial charge in [-0.3, -0.25) is 14.4 Å². The number of rotatable bonds is 8. The second kappa shape index (κ2) is 10.8. The van der Waals surface area contributed by atoms with Gasteiger partial charge in [0.05, 0.1) is 16.3 Å². The Bertz CT molecular complexity index is 1230. The maximum atomic E-state index is 13.2. The number of aromatic nitrogens is 3. The summed E-state index contributed by atoms with van der Waals surface area (Å²) in [5, 5.41) is 19.0. The molecule has 2 heterocycles. The summed E-state index contributed by atoms with van der Waals surface area (Å²) in [6, 6.07) is 7.82. The van der Waals surface area contributed by atoms with Gasteiger partial charge in [0.25, 0.3) is 11.8 Å². The smallest absolute Gasteiger partial charge is 0.303 e. The van der Waals surface area contributed by atoms with Crippen LogP contribution in [0.4, 0.5) is 5.69 Å². The Morgan fingerprint density at radius 1 is 1.18 bits per heavy atom. The predicted molar refractivity (Wildman–Crippen MR) is 127 cm³/mol. The minimum Gasteiger partial charge on any atom is -0.481 e. The number of benzene rings is 1. The number of carboxylic acid groups (broad SMARTS) is 1. The van der Waals surface area contributed by atoms with Gasteiger partial charge in [-0.2, -0.15) is 5.10 Å². The molecule has 0 saturated heterocycles. The molecule has 33 heavy (non-hydrogen) atoms. The van der Waals surface area contributed by atoms with E-state index in [1.165, 1.54) is 23.0 Å². The molecule has 0 atom stereocenters. The van der Waals surface area contributed by atoms with Crippen molar-refractivity contribution in [1.82, 2.24) is 20.1 Å². The van der Waals surface area contributed by atoms with Crippen molar-refractivity contribution in [1.29, 1.82) is 0 Å². The number of carbonyl (C=O) groups excluding carboxylic acids is 2. The van der Waals surface area contributed by atoms with Crippen molar-refractivity contribution in [3.05, 3.63) is 68.0 Å². The van der Waals surface area contributed by atoms with Crippen molar-refractivity contribution in [3.63, 3.8) is 0 Å². The number of carbonyl (C=O) groups is 3. The third-order valence-corrected chi connectivity index (χ3v) is 5.39. The highest BCUT2D eigenvalue weighted by molar-refractivity contribution is 9.10. The monoisotopic (exact) mass is 553 g/mol. The molecule has 0 radical (unpaired) electrons. The van der Waals surface area contributed by atoms with Crippen LogP contribution in [0.2, 0.25) is 10.0 Å². The van der Waals surface area contributed by atoms with Crippen LogP contribution in [0.1, 0.15) is 39.3 Å². The summed E-state index contributed by atoms with van der Waals surface area (Å²) in [6.45, 7) is 1.85. The first-order valence-electron chi connectivity index (χ1n) is 9.65. The Hall–Kier alpha value is -2.95. The average Bonchev–Trinajstić information content (AvgIpc) is 3.14. The molecule has 3 rings (SSSR count). The zero-order valence-corrected chi connectivity index (χ0v) is 20.3. The van der Waals surface area contributed by atoms with Crippen LogP contribution in [0.25, 0.3) is 5.82 Å². The molecule has 0 aliphatic rings. The molecule has 0 fully saturated rings. The van der Waals surface area contributed by atoms with Gasteiger partial charge in [0, 0.05) is 30.3 Å². The SMILES string of the molecule is Cc1cc(Cl)cc(C(=O)NCCCC(=O)O)c1NC(=O)c1cc(Br)nn1-c1ncccc1Cl. The summed E-state index contributed by atoms with van der Waals surface area (Å²) in [4.78, 5) is 40.8. The summed E-state index contributed by atoms with van der Waals surface area (Å²) in [5.74, 6) is -1.74. The molecule has 2 amide bonds. The molecular formula is C21H18BrCl2N5O4. The van der Waals surface area contributed by atoms with Gasteiger partial charge in [0.2, 0.25) is 0 Å². The van der Waals surface area contributed by atoms with Crippen LogP contribution in [-0.4, -0.2) is 44.2 Å². The number of anilines is 1. The summed E-state index contributed by atoms with van der Waals surface area (Å²) >= 11 is 15.6. The summed E-state index contributed by atoms with van der Waals surface area (Å²) < 4.78 is 1.68. The highest BCUT2D eigenvalue weighted by atomic mass is 79.9. The Balaban J connectivity index is 1.90. The highest BCUT2D eigenvalue weighted by Gasteiger charge is 2.22. The van der Waals surface area contributed by atoms with Gasteiger partial charge in [-0.05, 0) is 59.1 Å². The van der Waals surface area contributed by atoms with Gasteiger partial charge in [-0.15, -0.1) is 0 Å². The lowest BCUT2D eigenvalue weighted by atomic mass is 10.1. The third-order valence-electron chi connectivity index (χ3n) is 4.49. The predicted octanol–water partition coefficient (Wildman–Crippen LogP) is 4.49. The number of aliphatic carboxylic acids is 1. The molecule has 2 aromatic heterocycles. The van der Waals surface area contributed by atoms with Crippen LogP contribution in [0, 0.1) is 6.92 Å². The number of hydrogen-bond acceptors (Lipinski definition) is 5. The van der Waals surface area contributed by atoms with E-state index in [0.717, 1.165) is 0 Å². The fourth-order valence-electron chi connectivity index (χ4n) is 3.01. The molecule has 0 spiro atoms. The van der Waals surface area contributed by atoms with E-state index in [1.54, 1.807) is 25.1 Å². The first-order valence-corrected chi connectivity index (χ1v) is 11.2. The van der Waals surface area contributed by atoms with Gasteiger partial charge < -0.3 is 15.7 Å². The Kier molecular flexibility index (Phi) is 8.06. The second-order valence-corrected chi connectivity index (χ2v) is 8.58. The Morgan fingerprint density at radius 2 is 1.94 bits per heavy atom. The number of hydrogen-bond donors (Lipinski definition) is 3. The Morgan fingerprint density at radius 3 is 2.64 bits per heavy atom. The van der Waals surface area contributed by atoms with E-state index in [2.05, 4.69) is 36.6 Å². The molecule has 3 N–H and O–H groups in total. The normalized spacial score (nSPS) is 10.7. The first kappa shape index (κ1) is 24.7. The summed E-state index contributed by atoms with van der Waals surface area (Å²) in [6.07, 6.45) is 1.71. The Labute approximate surface area is 207 Å². The van der Waals surface area contributed by atoms with Crippen LogP contribution in [0.3, 0.4) is 0 Å². The number of pyridine rings is 1. The van der Waals surface area contributed by atoms with E-state index < -0.39 is 17.8 Å². The zero-order valence-electron chi connectivity index (χ0n) is 17.2. The van der Waals surface area contributed by atoms with Gasteiger partial charge in [-0.25, -0.2) is 9.67 Å². The lowest BCUT2D eigenvalue weighted by molar-refractivity contribution is -0.137. The van der Waals surface area contributed by atoms with E-state index >= 15 is 0 Å². The molecule has 3 aromatic rings. The molecule has 0 aliphatic carbocycles.